The first kappa shape index (κ1) is 12.5. The van der Waals surface area contributed by atoms with E-state index in [4.69, 9.17) is 5.73 Å². The molecule has 1 saturated carbocycles. The van der Waals surface area contributed by atoms with Crippen molar-refractivity contribution in [3.63, 3.8) is 0 Å². The maximum absolute atomic E-state index is 12.8. The van der Waals surface area contributed by atoms with Gasteiger partial charge >= 0.3 is 0 Å². The highest BCUT2D eigenvalue weighted by atomic mass is 35.5. The molecule has 2 rings (SSSR count). The Labute approximate surface area is 96.3 Å². The van der Waals surface area contributed by atoms with Crippen molar-refractivity contribution in [2.45, 2.75) is 32.2 Å². The first-order chi connectivity index (χ1) is 6.66. The minimum Gasteiger partial charge on any atom is -0.324 e. The van der Waals surface area contributed by atoms with Gasteiger partial charge in [-0.25, -0.2) is 4.39 Å². The Hall–Kier alpha value is -0.600. The summed E-state index contributed by atoms with van der Waals surface area (Å²) in [5.74, 6) is 0.638. The van der Waals surface area contributed by atoms with Crippen LogP contribution in [0.15, 0.2) is 18.2 Å². The largest absolute Gasteiger partial charge is 0.324 e. The van der Waals surface area contributed by atoms with Gasteiger partial charge in [0.1, 0.15) is 5.82 Å². The van der Waals surface area contributed by atoms with Crippen molar-refractivity contribution in [2.75, 3.05) is 0 Å². The van der Waals surface area contributed by atoms with Crippen LogP contribution in [0.4, 0.5) is 4.39 Å². The van der Waals surface area contributed by atoms with E-state index >= 15 is 0 Å². The van der Waals surface area contributed by atoms with E-state index < -0.39 is 0 Å². The van der Waals surface area contributed by atoms with Gasteiger partial charge < -0.3 is 5.73 Å². The summed E-state index contributed by atoms with van der Waals surface area (Å²) in [6, 6.07) is 4.96. The Morgan fingerprint density at radius 1 is 1.47 bits per heavy atom. The van der Waals surface area contributed by atoms with Gasteiger partial charge in [-0.3, -0.25) is 0 Å². The van der Waals surface area contributed by atoms with E-state index in [9.17, 15) is 4.39 Å². The molecule has 0 saturated heterocycles. The lowest BCUT2D eigenvalue weighted by Gasteiger charge is -2.14. The van der Waals surface area contributed by atoms with Crippen molar-refractivity contribution in [2.24, 2.45) is 11.7 Å². The molecule has 1 aliphatic carbocycles. The molecular formula is C12H17ClFN. The molecule has 15 heavy (non-hydrogen) atoms. The smallest absolute Gasteiger partial charge is 0.123 e. The van der Waals surface area contributed by atoms with Crippen LogP contribution in [-0.2, 0) is 0 Å². The first-order valence-corrected chi connectivity index (χ1v) is 5.18. The van der Waals surface area contributed by atoms with Crippen LogP contribution in [0.2, 0.25) is 0 Å². The Kier molecular flexibility index (Phi) is 4.12. The summed E-state index contributed by atoms with van der Waals surface area (Å²) in [5.41, 5.74) is 8.13. The fourth-order valence-electron chi connectivity index (χ4n) is 1.89. The second kappa shape index (κ2) is 4.95. The van der Waals surface area contributed by atoms with E-state index in [-0.39, 0.29) is 24.3 Å². The van der Waals surface area contributed by atoms with Crippen LogP contribution in [0.3, 0.4) is 0 Å². The highest BCUT2D eigenvalue weighted by Crippen LogP contribution is 2.37. The number of benzene rings is 1. The molecule has 1 aromatic carbocycles. The zero-order valence-electron chi connectivity index (χ0n) is 8.87. The zero-order chi connectivity index (χ0) is 10.1. The van der Waals surface area contributed by atoms with Gasteiger partial charge in [-0.1, -0.05) is 18.9 Å². The van der Waals surface area contributed by atoms with Gasteiger partial charge in [0.2, 0.25) is 0 Å². The van der Waals surface area contributed by atoms with Crippen molar-refractivity contribution in [1.82, 2.24) is 0 Å². The molecule has 1 atom stereocenters. The lowest BCUT2D eigenvalue weighted by atomic mass is 9.98. The molecule has 1 fully saturated rings. The van der Waals surface area contributed by atoms with E-state index in [1.165, 1.54) is 18.9 Å². The van der Waals surface area contributed by atoms with Gasteiger partial charge in [0.25, 0.3) is 0 Å². The minimum atomic E-state index is -0.176. The lowest BCUT2D eigenvalue weighted by Crippen LogP contribution is -2.12. The average Bonchev–Trinajstić information content (AvgIpc) is 2.87. The van der Waals surface area contributed by atoms with Gasteiger partial charge in [-0.05, 0) is 42.5 Å². The molecule has 1 aromatic rings. The molecule has 3 heteroatoms. The number of hydrogen-bond acceptors (Lipinski definition) is 1. The predicted octanol–water partition coefficient (Wildman–Crippen LogP) is 3.36. The zero-order valence-corrected chi connectivity index (χ0v) is 9.69. The summed E-state index contributed by atoms with van der Waals surface area (Å²) in [6.07, 6.45) is 3.67. The summed E-state index contributed by atoms with van der Waals surface area (Å²) in [4.78, 5) is 0. The van der Waals surface area contributed by atoms with E-state index in [2.05, 4.69) is 0 Å². The van der Waals surface area contributed by atoms with Crippen molar-refractivity contribution in [1.29, 1.82) is 0 Å². The normalized spacial score (nSPS) is 17.0. The summed E-state index contributed by atoms with van der Waals surface area (Å²) >= 11 is 0. The molecule has 1 nitrogen and oxygen atoms in total. The van der Waals surface area contributed by atoms with Crippen molar-refractivity contribution in [3.05, 3.63) is 35.1 Å². The van der Waals surface area contributed by atoms with E-state index in [1.54, 1.807) is 6.07 Å². The molecule has 0 bridgehead atoms. The molecule has 1 aliphatic rings. The third-order valence-corrected chi connectivity index (χ3v) is 2.92. The standard InChI is InChI=1S/C12H16FN.ClH/c1-8-6-10(13)4-5-11(8)12(14)7-9-2-3-9;/h4-6,9,12H,2-3,7,14H2,1H3;1H/t12-;/m0./s1. The highest BCUT2D eigenvalue weighted by molar-refractivity contribution is 5.85. The van der Waals surface area contributed by atoms with Crippen LogP contribution in [0.5, 0.6) is 0 Å². The fourth-order valence-corrected chi connectivity index (χ4v) is 1.89. The van der Waals surface area contributed by atoms with Gasteiger partial charge in [-0.2, -0.15) is 0 Å². The topological polar surface area (TPSA) is 26.0 Å². The molecule has 0 heterocycles. The molecule has 0 amide bonds. The molecule has 84 valence electrons. The second-order valence-corrected chi connectivity index (χ2v) is 4.29. The van der Waals surface area contributed by atoms with E-state index in [0.717, 1.165) is 23.5 Å². The molecular weight excluding hydrogens is 213 g/mol. The summed E-state index contributed by atoms with van der Waals surface area (Å²) in [6.45, 7) is 1.92. The third kappa shape index (κ3) is 3.18. The molecule has 2 N–H and O–H groups in total. The molecule has 0 unspecified atom stereocenters. The summed E-state index contributed by atoms with van der Waals surface area (Å²) in [5, 5.41) is 0. The number of rotatable bonds is 3. The fraction of sp³-hybridized carbons (Fsp3) is 0.500. The predicted molar refractivity (Wildman–Crippen MR) is 62.7 cm³/mol. The Morgan fingerprint density at radius 3 is 2.67 bits per heavy atom. The number of nitrogens with two attached hydrogens (primary N) is 1. The van der Waals surface area contributed by atoms with Gasteiger partial charge in [0, 0.05) is 6.04 Å². The molecule has 0 aliphatic heterocycles. The van der Waals surface area contributed by atoms with Crippen LogP contribution in [-0.4, -0.2) is 0 Å². The van der Waals surface area contributed by atoms with Gasteiger partial charge in [0.05, 0.1) is 0 Å². The number of halogens is 2. The van der Waals surface area contributed by atoms with Crippen molar-refractivity contribution in [3.8, 4) is 0 Å². The Balaban J connectivity index is 0.00000112. The van der Waals surface area contributed by atoms with E-state index in [1.807, 2.05) is 13.0 Å². The first-order valence-electron chi connectivity index (χ1n) is 5.18. The molecule has 0 aromatic heterocycles. The molecule has 0 radical (unpaired) electrons. The lowest BCUT2D eigenvalue weighted by molar-refractivity contribution is 0.588. The number of hydrogen-bond donors (Lipinski definition) is 1. The van der Waals surface area contributed by atoms with Gasteiger partial charge in [0.15, 0.2) is 0 Å². The maximum atomic E-state index is 12.8. The van der Waals surface area contributed by atoms with Crippen LogP contribution >= 0.6 is 12.4 Å². The Morgan fingerprint density at radius 2 is 2.13 bits per heavy atom. The van der Waals surface area contributed by atoms with Crippen molar-refractivity contribution < 1.29 is 4.39 Å². The quantitative estimate of drug-likeness (QED) is 0.845. The minimum absolute atomic E-state index is 0. The SMILES string of the molecule is Cc1cc(F)ccc1[C@@H](N)CC1CC1.Cl. The molecule has 0 spiro atoms. The number of aryl methyl sites for hydroxylation is 1. The highest BCUT2D eigenvalue weighted by Gasteiger charge is 2.24. The second-order valence-electron chi connectivity index (χ2n) is 4.29. The van der Waals surface area contributed by atoms with Gasteiger partial charge in [-0.15, -0.1) is 12.4 Å². The van der Waals surface area contributed by atoms with Crippen LogP contribution < -0.4 is 5.73 Å². The van der Waals surface area contributed by atoms with Crippen LogP contribution in [0, 0.1) is 18.7 Å². The van der Waals surface area contributed by atoms with Crippen molar-refractivity contribution >= 4 is 12.4 Å². The third-order valence-electron chi connectivity index (χ3n) is 2.92. The maximum Gasteiger partial charge on any atom is 0.123 e. The summed E-state index contributed by atoms with van der Waals surface area (Å²) in [7, 11) is 0. The monoisotopic (exact) mass is 229 g/mol. The van der Waals surface area contributed by atoms with E-state index in [0.29, 0.717) is 0 Å². The summed E-state index contributed by atoms with van der Waals surface area (Å²) < 4.78 is 12.8. The van der Waals surface area contributed by atoms with Crippen LogP contribution in [0.25, 0.3) is 0 Å². The average molecular weight is 230 g/mol. The van der Waals surface area contributed by atoms with Crippen LogP contribution in [0.1, 0.15) is 36.4 Å². The Bertz CT molecular complexity index is 336.